The fourth-order valence-corrected chi connectivity index (χ4v) is 3.88. The number of carbonyl (C=O) groups excluding carboxylic acids is 3. The van der Waals surface area contributed by atoms with E-state index in [0.29, 0.717) is 5.56 Å². The summed E-state index contributed by atoms with van der Waals surface area (Å²) >= 11 is 0. The fourth-order valence-electron chi connectivity index (χ4n) is 3.88. The number of benzene rings is 2. The van der Waals surface area contributed by atoms with Crippen LogP contribution in [0.4, 0.5) is 0 Å². The number of hydrogen-bond donors (Lipinski definition) is 1. The van der Waals surface area contributed by atoms with Crippen LogP contribution in [-0.2, 0) is 22.6 Å². The van der Waals surface area contributed by atoms with Gasteiger partial charge in [0.15, 0.2) is 0 Å². The Balaban J connectivity index is 1.65. The number of imide groups is 1. The average molecular weight is 421 g/mol. The summed E-state index contributed by atoms with van der Waals surface area (Å²) in [6.07, 6.45) is 4.01. The van der Waals surface area contributed by atoms with Crippen molar-refractivity contribution in [3.05, 3.63) is 70.8 Å². The van der Waals surface area contributed by atoms with Crippen LogP contribution < -0.4 is 5.32 Å². The number of unbranched alkanes of at least 4 members (excludes halogenated alkanes) is 1. The minimum atomic E-state index is -0.132. The first-order valence-corrected chi connectivity index (χ1v) is 11.2. The Kier molecular flexibility index (Phi) is 7.61. The third kappa shape index (κ3) is 5.81. The van der Waals surface area contributed by atoms with Crippen LogP contribution in [0.1, 0.15) is 79.5 Å². The van der Waals surface area contributed by atoms with Gasteiger partial charge in [-0.3, -0.25) is 19.3 Å². The monoisotopic (exact) mass is 420 g/mol. The van der Waals surface area contributed by atoms with E-state index in [2.05, 4.69) is 50.4 Å². The van der Waals surface area contributed by atoms with Crippen molar-refractivity contribution in [1.82, 2.24) is 10.2 Å². The molecule has 5 heteroatoms. The molecule has 2 aromatic carbocycles. The van der Waals surface area contributed by atoms with Crippen molar-refractivity contribution in [2.24, 2.45) is 5.92 Å². The number of aryl methyl sites for hydroxylation is 1. The lowest BCUT2D eigenvalue weighted by Gasteiger charge is -2.23. The third-order valence-corrected chi connectivity index (χ3v) is 5.82. The molecule has 1 aliphatic rings. The second-order valence-corrected chi connectivity index (χ2v) is 8.61. The molecule has 0 radical (unpaired) electrons. The largest absolute Gasteiger partial charge is 0.345 e. The van der Waals surface area contributed by atoms with Gasteiger partial charge in [-0.2, -0.15) is 0 Å². The molecular weight excluding hydrogens is 388 g/mol. The molecule has 1 unspecified atom stereocenters. The summed E-state index contributed by atoms with van der Waals surface area (Å²) in [5, 5.41) is 3.16. The highest BCUT2D eigenvalue weighted by atomic mass is 16.2. The van der Waals surface area contributed by atoms with Crippen molar-refractivity contribution in [1.29, 1.82) is 0 Å². The number of rotatable bonds is 9. The van der Waals surface area contributed by atoms with Crippen LogP contribution in [-0.4, -0.2) is 22.6 Å². The maximum absolute atomic E-state index is 12.9. The second kappa shape index (κ2) is 10.4. The summed E-state index contributed by atoms with van der Waals surface area (Å²) in [7, 11) is 0. The van der Waals surface area contributed by atoms with Crippen LogP contribution >= 0.6 is 0 Å². The maximum atomic E-state index is 12.9. The zero-order chi connectivity index (χ0) is 22.4. The van der Waals surface area contributed by atoms with Crippen LogP contribution in [0.15, 0.2) is 48.5 Å². The van der Waals surface area contributed by atoms with E-state index in [1.165, 1.54) is 23.3 Å². The number of hydrogen-bond acceptors (Lipinski definition) is 3. The maximum Gasteiger partial charge on any atom is 0.251 e. The molecule has 3 amide bonds. The highest BCUT2D eigenvalue weighted by Crippen LogP contribution is 2.23. The smallest absolute Gasteiger partial charge is 0.251 e. The van der Waals surface area contributed by atoms with E-state index in [9.17, 15) is 14.4 Å². The minimum Gasteiger partial charge on any atom is -0.345 e. The lowest BCUT2D eigenvalue weighted by atomic mass is 9.94. The quantitative estimate of drug-likeness (QED) is 0.592. The van der Waals surface area contributed by atoms with Crippen molar-refractivity contribution in [2.45, 2.75) is 65.5 Å². The van der Waals surface area contributed by atoms with Gasteiger partial charge in [-0.15, -0.1) is 0 Å². The summed E-state index contributed by atoms with van der Waals surface area (Å²) in [4.78, 5) is 37.8. The van der Waals surface area contributed by atoms with Crippen LogP contribution in [0.3, 0.4) is 0 Å². The molecule has 0 saturated carbocycles. The zero-order valence-corrected chi connectivity index (χ0v) is 18.7. The molecule has 0 spiro atoms. The minimum absolute atomic E-state index is 0.0766. The molecule has 2 aromatic rings. The summed E-state index contributed by atoms with van der Waals surface area (Å²) in [5.74, 6) is -0.148. The molecule has 164 valence electrons. The average Bonchev–Trinajstić information content (AvgIpc) is 3.08. The van der Waals surface area contributed by atoms with Gasteiger partial charge >= 0.3 is 0 Å². The van der Waals surface area contributed by atoms with E-state index in [0.717, 1.165) is 17.5 Å². The van der Waals surface area contributed by atoms with Gasteiger partial charge in [0, 0.05) is 18.4 Å². The summed E-state index contributed by atoms with van der Waals surface area (Å²) < 4.78 is 0. The Morgan fingerprint density at radius 2 is 1.52 bits per heavy atom. The molecule has 1 heterocycles. The number of likely N-dealkylation sites (tertiary alicyclic amines) is 1. The van der Waals surface area contributed by atoms with Gasteiger partial charge in [0.1, 0.15) is 0 Å². The van der Waals surface area contributed by atoms with Gasteiger partial charge in [-0.1, -0.05) is 63.6 Å². The first-order valence-electron chi connectivity index (χ1n) is 11.2. The molecule has 31 heavy (non-hydrogen) atoms. The Morgan fingerprint density at radius 3 is 2.06 bits per heavy atom. The van der Waals surface area contributed by atoms with Gasteiger partial charge in [0.05, 0.1) is 12.6 Å². The fraction of sp³-hybridized carbons (Fsp3) is 0.423. The molecule has 5 nitrogen and oxygen atoms in total. The standard InChI is InChI=1S/C26H32N2O3/c1-4-5-6-19-7-11-21(12-8-19)25(18(2)3)27-26(31)22-13-9-20(10-14-22)17-28-23(29)15-16-24(28)30/h7-14,18,25H,4-6,15-17H2,1-3H3,(H,27,31). The van der Waals surface area contributed by atoms with Crippen LogP contribution in [0.25, 0.3) is 0 Å². The van der Waals surface area contributed by atoms with E-state index >= 15 is 0 Å². The van der Waals surface area contributed by atoms with Crippen molar-refractivity contribution >= 4 is 17.7 Å². The Bertz CT molecular complexity index is 901. The van der Waals surface area contributed by atoms with E-state index < -0.39 is 0 Å². The first-order chi connectivity index (χ1) is 14.9. The van der Waals surface area contributed by atoms with E-state index in [4.69, 9.17) is 0 Å². The van der Waals surface area contributed by atoms with Gasteiger partial charge < -0.3 is 5.32 Å². The Hall–Kier alpha value is -2.95. The van der Waals surface area contributed by atoms with Crippen molar-refractivity contribution in [3.63, 3.8) is 0 Å². The SMILES string of the molecule is CCCCc1ccc(C(NC(=O)c2ccc(CN3C(=O)CCC3=O)cc2)C(C)C)cc1. The predicted octanol–water partition coefficient (Wildman–Crippen LogP) is 4.81. The topological polar surface area (TPSA) is 66.5 Å². The molecule has 3 rings (SSSR count). The molecule has 1 N–H and O–H groups in total. The Labute approximate surface area is 184 Å². The first kappa shape index (κ1) is 22.7. The van der Waals surface area contributed by atoms with Crippen molar-refractivity contribution < 1.29 is 14.4 Å². The summed E-state index contributed by atoms with van der Waals surface area (Å²) in [6.45, 7) is 6.65. The highest BCUT2D eigenvalue weighted by Gasteiger charge is 2.28. The molecule has 0 aromatic heterocycles. The lowest BCUT2D eigenvalue weighted by Crippen LogP contribution is -2.32. The molecule has 0 aliphatic carbocycles. The number of amides is 3. The molecule has 0 bridgehead atoms. The zero-order valence-electron chi connectivity index (χ0n) is 18.7. The lowest BCUT2D eigenvalue weighted by molar-refractivity contribution is -0.139. The molecule has 1 fully saturated rings. The van der Waals surface area contributed by atoms with E-state index in [-0.39, 0.29) is 49.1 Å². The number of nitrogens with one attached hydrogen (secondary N) is 1. The normalized spacial score (nSPS) is 14.9. The number of nitrogens with zero attached hydrogens (tertiary/aromatic N) is 1. The van der Waals surface area contributed by atoms with Crippen molar-refractivity contribution in [2.75, 3.05) is 0 Å². The van der Waals surface area contributed by atoms with Crippen LogP contribution in [0, 0.1) is 5.92 Å². The summed E-state index contributed by atoms with van der Waals surface area (Å²) in [5.41, 5.74) is 3.83. The van der Waals surface area contributed by atoms with Crippen LogP contribution in [0.5, 0.6) is 0 Å². The van der Waals surface area contributed by atoms with Gasteiger partial charge in [0.2, 0.25) is 11.8 Å². The third-order valence-electron chi connectivity index (χ3n) is 5.82. The summed E-state index contributed by atoms with van der Waals surface area (Å²) in [6, 6.07) is 15.6. The predicted molar refractivity (Wildman–Crippen MR) is 121 cm³/mol. The molecule has 1 aliphatic heterocycles. The second-order valence-electron chi connectivity index (χ2n) is 8.61. The Morgan fingerprint density at radius 1 is 0.935 bits per heavy atom. The van der Waals surface area contributed by atoms with Gasteiger partial charge in [-0.05, 0) is 47.6 Å². The molecule has 1 atom stereocenters. The molecular formula is C26H32N2O3. The van der Waals surface area contributed by atoms with Crippen molar-refractivity contribution in [3.8, 4) is 0 Å². The molecule has 1 saturated heterocycles. The highest BCUT2D eigenvalue weighted by molar-refractivity contribution is 6.01. The van der Waals surface area contributed by atoms with Gasteiger partial charge in [0.25, 0.3) is 5.91 Å². The van der Waals surface area contributed by atoms with E-state index in [1.54, 1.807) is 24.3 Å². The van der Waals surface area contributed by atoms with Crippen LogP contribution in [0.2, 0.25) is 0 Å². The van der Waals surface area contributed by atoms with Gasteiger partial charge in [-0.25, -0.2) is 0 Å². The number of carbonyl (C=O) groups is 3. The van der Waals surface area contributed by atoms with E-state index in [1.807, 2.05) is 0 Å².